The molecule has 0 atom stereocenters. The minimum Gasteiger partial charge on any atom is -0.357 e. The van der Waals surface area contributed by atoms with Gasteiger partial charge in [0, 0.05) is 20.6 Å². The maximum Gasteiger partial charge on any atom is 0.241 e. The molecule has 0 fully saturated rings. The Morgan fingerprint density at radius 1 is 1.04 bits per heavy atom. The van der Waals surface area contributed by atoms with Crippen LogP contribution in [-0.4, -0.2) is 44.0 Å². The Hall–Kier alpha value is -2.09. The number of carbonyl (C=O) groups excluding carboxylic acids is 1. The lowest BCUT2D eigenvalue weighted by Gasteiger charge is -2.14. The van der Waals surface area contributed by atoms with Gasteiger partial charge in [0.1, 0.15) is 0 Å². The standard InChI is InChI=1S/C21H28N4O.HI/c1-5-22-21(24-15-20(26)25(3)4)23-14-17-9-7-11-19(13-17)18-10-6-8-16(2)12-18;/h6-13H,5,14-15H2,1-4H3,(H2,22,23,24);1H. The predicted octanol–water partition coefficient (Wildman–Crippen LogP) is 3.42. The fourth-order valence-electron chi connectivity index (χ4n) is 2.50. The number of rotatable bonds is 6. The van der Waals surface area contributed by atoms with Crippen LogP contribution < -0.4 is 10.6 Å². The molecule has 2 N–H and O–H groups in total. The number of hydrogen-bond acceptors (Lipinski definition) is 2. The van der Waals surface area contributed by atoms with Crippen molar-refractivity contribution in [2.45, 2.75) is 20.4 Å². The molecule has 6 heteroatoms. The van der Waals surface area contributed by atoms with Gasteiger partial charge in [0.2, 0.25) is 5.91 Å². The second kappa shape index (κ2) is 11.6. The number of likely N-dealkylation sites (N-methyl/N-ethyl adjacent to an activating group) is 1. The molecule has 1 amide bonds. The molecule has 5 nitrogen and oxygen atoms in total. The van der Waals surface area contributed by atoms with Crippen LogP contribution in [0.25, 0.3) is 11.1 Å². The molecule has 0 spiro atoms. The van der Waals surface area contributed by atoms with Crippen molar-refractivity contribution in [1.29, 1.82) is 0 Å². The number of benzene rings is 2. The summed E-state index contributed by atoms with van der Waals surface area (Å²) in [6.45, 7) is 5.61. The van der Waals surface area contributed by atoms with E-state index < -0.39 is 0 Å². The van der Waals surface area contributed by atoms with Crippen LogP contribution in [0.5, 0.6) is 0 Å². The van der Waals surface area contributed by atoms with Gasteiger partial charge in [0.15, 0.2) is 5.96 Å². The third-order valence-corrected chi connectivity index (χ3v) is 3.95. The van der Waals surface area contributed by atoms with E-state index in [0.717, 1.165) is 12.1 Å². The molecule has 2 aromatic carbocycles. The molecule has 0 unspecified atom stereocenters. The van der Waals surface area contributed by atoms with E-state index in [1.54, 1.807) is 19.0 Å². The molecule has 2 rings (SSSR count). The van der Waals surface area contributed by atoms with Gasteiger partial charge in [-0.3, -0.25) is 4.79 Å². The van der Waals surface area contributed by atoms with Crippen molar-refractivity contribution in [2.75, 3.05) is 27.2 Å². The third-order valence-electron chi connectivity index (χ3n) is 3.95. The maximum absolute atomic E-state index is 11.7. The summed E-state index contributed by atoms with van der Waals surface area (Å²) < 4.78 is 0. The molecule has 0 aliphatic carbocycles. The van der Waals surface area contributed by atoms with Crippen LogP contribution in [0, 0.1) is 6.92 Å². The topological polar surface area (TPSA) is 56.7 Å². The number of nitrogens with zero attached hydrogens (tertiary/aromatic N) is 2. The Morgan fingerprint density at radius 3 is 2.33 bits per heavy atom. The van der Waals surface area contributed by atoms with Gasteiger partial charge in [-0.2, -0.15) is 0 Å². The largest absolute Gasteiger partial charge is 0.357 e. The molecule has 0 saturated carbocycles. The highest BCUT2D eigenvalue weighted by Crippen LogP contribution is 2.21. The molecule has 0 saturated heterocycles. The zero-order valence-corrected chi connectivity index (χ0v) is 18.8. The Balaban J connectivity index is 0.00000364. The van der Waals surface area contributed by atoms with Crippen LogP contribution in [0.4, 0.5) is 0 Å². The van der Waals surface area contributed by atoms with Crippen LogP contribution in [0.2, 0.25) is 0 Å². The number of aryl methyl sites for hydroxylation is 1. The minimum atomic E-state index is 0. The lowest BCUT2D eigenvalue weighted by molar-refractivity contribution is -0.127. The van der Waals surface area contributed by atoms with Gasteiger partial charge in [-0.1, -0.05) is 48.0 Å². The Labute approximate surface area is 179 Å². The van der Waals surface area contributed by atoms with E-state index in [2.05, 4.69) is 71.1 Å². The molecule has 146 valence electrons. The molecule has 0 aliphatic rings. The Morgan fingerprint density at radius 2 is 1.70 bits per heavy atom. The van der Waals surface area contributed by atoms with E-state index in [-0.39, 0.29) is 36.4 Å². The summed E-state index contributed by atoms with van der Waals surface area (Å²) in [4.78, 5) is 17.9. The molecule has 0 bridgehead atoms. The molecule has 0 radical (unpaired) electrons. The van der Waals surface area contributed by atoms with E-state index in [9.17, 15) is 4.79 Å². The summed E-state index contributed by atoms with van der Waals surface area (Å²) in [7, 11) is 3.48. The van der Waals surface area contributed by atoms with Gasteiger partial charge in [-0.25, -0.2) is 4.99 Å². The van der Waals surface area contributed by atoms with Crippen molar-refractivity contribution in [3.05, 3.63) is 59.7 Å². The van der Waals surface area contributed by atoms with E-state index >= 15 is 0 Å². The highest BCUT2D eigenvalue weighted by molar-refractivity contribution is 14.0. The lowest BCUT2D eigenvalue weighted by Crippen LogP contribution is -2.42. The molecule has 27 heavy (non-hydrogen) atoms. The molecule has 0 aromatic heterocycles. The van der Waals surface area contributed by atoms with Gasteiger partial charge in [0.05, 0.1) is 13.1 Å². The number of carbonyl (C=O) groups is 1. The summed E-state index contributed by atoms with van der Waals surface area (Å²) in [6.07, 6.45) is 0. The number of nitrogens with one attached hydrogen (secondary N) is 2. The maximum atomic E-state index is 11.7. The van der Waals surface area contributed by atoms with Crippen LogP contribution in [0.1, 0.15) is 18.1 Å². The number of halogens is 1. The normalized spacial score (nSPS) is 10.7. The molecule has 0 aliphatic heterocycles. The lowest BCUT2D eigenvalue weighted by atomic mass is 10.0. The summed E-state index contributed by atoms with van der Waals surface area (Å²) in [5, 5.41) is 6.24. The summed E-state index contributed by atoms with van der Waals surface area (Å²) in [5.74, 6) is 0.653. The van der Waals surface area contributed by atoms with Crippen molar-refractivity contribution < 1.29 is 4.79 Å². The molecular weight excluding hydrogens is 451 g/mol. The smallest absolute Gasteiger partial charge is 0.241 e. The van der Waals surface area contributed by atoms with E-state index in [1.807, 2.05) is 6.92 Å². The number of guanidine groups is 1. The van der Waals surface area contributed by atoms with Crippen molar-refractivity contribution >= 4 is 35.8 Å². The highest BCUT2D eigenvalue weighted by atomic mass is 127. The second-order valence-corrected chi connectivity index (χ2v) is 6.41. The highest BCUT2D eigenvalue weighted by Gasteiger charge is 2.05. The monoisotopic (exact) mass is 480 g/mol. The van der Waals surface area contributed by atoms with Gasteiger partial charge in [0.25, 0.3) is 0 Å². The van der Waals surface area contributed by atoms with Crippen LogP contribution in [0.3, 0.4) is 0 Å². The SMILES string of the molecule is CCNC(=NCc1cccc(-c2cccc(C)c2)c1)NCC(=O)N(C)C.I. The summed E-state index contributed by atoms with van der Waals surface area (Å²) in [6, 6.07) is 16.9. The van der Waals surface area contributed by atoms with Crippen molar-refractivity contribution in [2.24, 2.45) is 4.99 Å². The van der Waals surface area contributed by atoms with Gasteiger partial charge in [-0.05, 0) is 36.6 Å². The third kappa shape index (κ3) is 7.58. The van der Waals surface area contributed by atoms with Crippen LogP contribution in [0.15, 0.2) is 53.5 Å². The fraction of sp³-hybridized carbons (Fsp3) is 0.333. The number of hydrogen-bond donors (Lipinski definition) is 2. The van der Waals surface area contributed by atoms with Gasteiger partial charge < -0.3 is 15.5 Å². The van der Waals surface area contributed by atoms with E-state index in [1.165, 1.54) is 16.7 Å². The second-order valence-electron chi connectivity index (χ2n) is 6.41. The summed E-state index contributed by atoms with van der Waals surface area (Å²) in [5.41, 5.74) is 4.76. The molecular formula is C21H29IN4O. The van der Waals surface area contributed by atoms with Gasteiger partial charge >= 0.3 is 0 Å². The zero-order chi connectivity index (χ0) is 18.9. The Bertz CT molecular complexity index is 774. The number of aliphatic imine (C=N–C) groups is 1. The molecule has 0 heterocycles. The first kappa shape index (κ1) is 23.0. The van der Waals surface area contributed by atoms with Crippen molar-refractivity contribution in [3.63, 3.8) is 0 Å². The minimum absolute atomic E-state index is 0. The van der Waals surface area contributed by atoms with Crippen LogP contribution >= 0.6 is 24.0 Å². The average molecular weight is 480 g/mol. The first-order chi connectivity index (χ1) is 12.5. The van der Waals surface area contributed by atoms with Crippen molar-refractivity contribution in [1.82, 2.24) is 15.5 Å². The van der Waals surface area contributed by atoms with Crippen molar-refractivity contribution in [3.8, 4) is 11.1 Å². The average Bonchev–Trinajstić information content (AvgIpc) is 2.64. The van der Waals surface area contributed by atoms with E-state index in [0.29, 0.717) is 12.5 Å². The predicted molar refractivity (Wildman–Crippen MR) is 124 cm³/mol. The Kier molecular flexibility index (Phi) is 9.85. The quantitative estimate of drug-likeness (QED) is 0.379. The van der Waals surface area contributed by atoms with Crippen LogP contribution in [-0.2, 0) is 11.3 Å². The zero-order valence-electron chi connectivity index (χ0n) is 16.5. The van der Waals surface area contributed by atoms with E-state index in [4.69, 9.17) is 0 Å². The molecule has 2 aromatic rings. The van der Waals surface area contributed by atoms with Gasteiger partial charge in [-0.15, -0.1) is 24.0 Å². The number of amides is 1. The fourth-order valence-corrected chi connectivity index (χ4v) is 2.50. The first-order valence-corrected chi connectivity index (χ1v) is 8.88. The first-order valence-electron chi connectivity index (χ1n) is 8.88. The summed E-state index contributed by atoms with van der Waals surface area (Å²) >= 11 is 0.